The topological polar surface area (TPSA) is 37.4 Å². The summed E-state index contributed by atoms with van der Waals surface area (Å²) in [5.74, 6) is 0.298. The number of piperidine rings is 1. The van der Waals surface area contributed by atoms with Gasteiger partial charge in [-0.05, 0) is 30.6 Å². The number of hydrogen-bond donors (Lipinski definition) is 0. The molecule has 0 aromatic heterocycles. The number of alkyl halides is 3. The lowest BCUT2D eigenvalue weighted by Gasteiger charge is -2.42. The Bertz CT molecular complexity index is 414. The van der Waals surface area contributed by atoms with Crippen molar-refractivity contribution in [3.8, 4) is 0 Å². The Morgan fingerprint density at radius 3 is 2.00 bits per heavy atom. The maximum Gasteiger partial charge on any atom is 0.511 e. The van der Waals surface area contributed by atoms with Gasteiger partial charge in [-0.25, -0.2) is 8.42 Å². The summed E-state index contributed by atoms with van der Waals surface area (Å²) in [5, 5.41) is 0. The van der Waals surface area contributed by atoms with Gasteiger partial charge >= 0.3 is 15.5 Å². The van der Waals surface area contributed by atoms with Crippen LogP contribution in [0.2, 0.25) is 0 Å². The SMILES string of the molecule is CCCC(C)(CC)C1CCN(S(=O)(=O)C(F)(F)F)CC1. The Kier molecular flexibility index (Phi) is 5.52. The first-order valence-corrected chi connectivity index (χ1v) is 8.59. The second kappa shape index (κ2) is 6.22. The van der Waals surface area contributed by atoms with E-state index in [0.29, 0.717) is 23.1 Å². The second-order valence-electron chi connectivity index (χ2n) is 5.88. The largest absolute Gasteiger partial charge is 0.511 e. The molecular weight excluding hydrogens is 291 g/mol. The van der Waals surface area contributed by atoms with Crippen molar-refractivity contribution in [1.29, 1.82) is 0 Å². The number of halogens is 3. The van der Waals surface area contributed by atoms with Crippen LogP contribution in [-0.2, 0) is 10.0 Å². The molecule has 1 rings (SSSR count). The molecule has 0 bridgehead atoms. The molecule has 0 radical (unpaired) electrons. The van der Waals surface area contributed by atoms with Crippen LogP contribution < -0.4 is 0 Å². The molecular formula is C13H24F3NO2S. The van der Waals surface area contributed by atoms with Crippen molar-refractivity contribution in [2.24, 2.45) is 11.3 Å². The molecule has 0 saturated carbocycles. The summed E-state index contributed by atoms with van der Waals surface area (Å²) < 4.78 is 60.8. The number of rotatable bonds is 5. The second-order valence-corrected chi connectivity index (χ2v) is 7.81. The molecule has 3 nitrogen and oxygen atoms in total. The summed E-state index contributed by atoms with van der Waals surface area (Å²) in [6, 6.07) is 0. The minimum absolute atomic E-state index is 0.0220. The van der Waals surface area contributed by atoms with Crippen molar-refractivity contribution < 1.29 is 21.6 Å². The van der Waals surface area contributed by atoms with Crippen molar-refractivity contribution in [1.82, 2.24) is 4.31 Å². The number of nitrogens with zero attached hydrogens (tertiary/aromatic N) is 1. The summed E-state index contributed by atoms with van der Waals surface area (Å²) in [7, 11) is -5.15. The zero-order valence-electron chi connectivity index (χ0n) is 12.3. The Balaban J connectivity index is 2.74. The first-order chi connectivity index (χ1) is 9.08. The Morgan fingerprint density at radius 1 is 1.15 bits per heavy atom. The van der Waals surface area contributed by atoms with Crippen LogP contribution in [0.3, 0.4) is 0 Å². The van der Waals surface area contributed by atoms with Gasteiger partial charge in [0.05, 0.1) is 0 Å². The highest BCUT2D eigenvalue weighted by Gasteiger charge is 2.51. The maximum absolute atomic E-state index is 12.5. The monoisotopic (exact) mass is 315 g/mol. The third-order valence-electron chi connectivity index (χ3n) is 4.70. The molecule has 1 fully saturated rings. The highest BCUT2D eigenvalue weighted by Crippen LogP contribution is 2.42. The molecule has 1 saturated heterocycles. The van der Waals surface area contributed by atoms with E-state index in [0.717, 1.165) is 19.3 Å². The van der Waals surface area contributed by atoms with Crippen LogP contribution in [-0.4, -0.2) is 31.3 Å². The fraction of sp³-hybridized carbons (Fsp3) is 1.00. The van der Waals surface area contributed by atoms with Gasteiger partial charge in [0.15, 0.2) is 0 Å². The lowest BCUT2D eigenvalue weighted by atomic mass is 9.68. The van der Waals surface area contributed by atoms with Gasteiger partial charge in [-0.3, -0.25) is 0 Å². The predicted molar refractivity (Wildman–Crippen MR) is 72.6 cm³/mol. The Morgan fingerprint density at radius 2 is 1.65 bits per heavy atom. The smallest absolute Gasteiger partial charge is 0.203 e. The predicted octanol–water partition coefficient (Wildman–Crippen LogP) is 3.76. The first kappa shape index (κ1) is 17.8. The van der Waals surface area contributed by atoms with Crippen molar-refractivity contribution >= 4 is 10.0 Å². The molecule has 0 aromatic rings. The molecule has 0 spiro atoms. The van der Waals surface area contributed by atoms with Gasteiger partial charge in [0.25, 0.3) is 0 Å². The van der Waals surface area contributed by atoms with E-state index in [1.54, 1.807) is 0 Å². The van der Waals surface area contributed by atoms with Gasteiger partial charge in [0.2, 0.25) is 0 Å². The van der Waals surface area contributed by atoms with E-state index in [-0.39, 0.29) is 18.5 Å². The van der Waals surface area contributed by atoms with Gasteiger partial charge < -0.3 is 0 Å². The summed E-state index contributed by atoms with van der Waals surface area (Å²) in [6.45, 7) is 6.30. The molecule has 1 aliphatic heterocycles. The summed E-state index contributed by atoms with van der Waals surface area (Å²) >= 11 is 0. The van der Waals surface area contributed by atoms with E-state index in [1.807, 2.05) is 0 Å². The fourth-order valence-corrected chi connectivity index (χ4v) is 4.16. The standard InChI is InChI=1S/C13H24F3NO2S/c1-4-8-12(3,5-2)11-6-9-17(10-7-11)20(18,19)13(14,15)16/h11H,4-10H2,1-3H3. The highest BCUT2D eigenvalue weighted by molar-refractivity contribution is 7.90. The third-order valence-corrected chi connectivity index (χ3v) is 6.33. The van der Waals surface area contributed by atoms with E-state index in [2.05, 4.69) is 20.8 Å². The summed E-state index contributed by atoms with van der Waals surface area (Å²) in [5.41, 5.74) is -5.08. The average Bonchev–Trinajstić information content (AvgIpc) is 2.37. The van der Waals surface area contributed by atoms with Crippen molar-refractivity contribution in [3.05, 3.63) is 0 Å². The first-order valence-electron chi connectivity index (χ1n) is 7.15. The molecule has 1 heterocycles. The van der Waals surface area contributed by atoms with Crippen LogP contribution in [0.4, 0.5) is 13.2 Å². The minimum Gasteiger partial charge on any atom is -0.203 e. The third kappa shape index (κ3) is 3.47. The molecule has 0 amide bonds. The van der Waals surface area contributed by atoms with Crippen molar-refractivity contribution in [2.45, 2.75) is 58.4 Å². The van der Waals surface area contributed by atoms with Crippen molar-refractivity contribution in [3.63, 3.8) is 0 Å². The van der Waals surface area contributed by atoms with E-state index < -0.39 is 15.5 Å². The van der Waals surface area contributed by atoms with Gasteiger partial charge in [0, 0.05) is 13.1 Å². The van der Waals surface area contributed by atoms with Crippen LogP contribution >= 0.6 is 0 Å². The maximum atomic E-state index is 12.5. The lowest BCUT2D eigenvalue weighted by molar-refractivity contribution is -0.0503. The molecule has 0 aromatic carbocycles. The normalized spacial score (nSPS) is 22.7. The quantitative estimate of drug-likeness (QED) is 0.774. The molecule has 7 heteroatoms. The molecule has 0 N–H and O–H groups in total. The van der Waals surface area contributed by atoms with E-state index in [1.165, 1.54) is 0 Å². The average molecular weight is 315 g/mol. The summed E-state index contributed by atoms with van der Waals surface area (Å²) in [4.78, 5) is 0. The van der Waals surface area contributed by atoms with Crippen molar-refractivity contribution in [2.75, 3.05) is 13.1 Å². The van der Waals surface area contributed by atoms with Crippen LogP contribution in [0.25, 0.3) is 0 Å². The summed E-state index contributed by atoms with van der Waals surface area (Å²) in [6.07, 6.45) is 4.06. The zero-order chi connectivity index (χ0) is 15.6. The highest BCUT2D eigenvalue weighted by atomic mass is 32.2. The van der Waals surface area contributed by atoms with Crippen LogP contribution in [0.5, 0.6) is 0 Å². The Hall–Kier alpha value is -0.300. The molecule has 1 aliphatic rings. The Labute approximate surface area is 119 Å². The molecule has 120 valence electrons. The van der Waals surface area contributed by atoms with Crippen LogP contribution in [0.15, 0.2) is 0 Å². The van der Waals surface area contributed by atoms with Gasteiger partial charge in [-0.2, -0.15) is 17.5 Å². The fourth-order valence-electron chi connectivity index (χ4n) is 3.18. The number of hydrogen-bond acceptors (Lipinski definition) is 2. The minimum atomic E-state index is -5.18. The molecule has 20 heavy (non-hydrogen) atoms. The zero-order valence-corrected chi connectivity index (χ0v) is 13.1. The lowest BCUT2D eigenvalue weighted by Crippen LogP contribution is -2.47. The van der Waals surface area contributed by atoms with Gasteiger partial charge in [-0.1, -0.05) is 33.6 Å². The van der Waals surface area contributed by atoms with Crippen LogP contribution in [0, 0.1) is 11.3 Å². The van der Waals surface area contributed by atoms with E-state index in [4.69, 9.17) is 0 Å². The molecule has 0 aliphatic carbocycles. The number of sulfonamides is 1. The molecule has 1 unspecified atom stereocenters. The van der Waals surface area contributed by atoms with E-state index in [9.17, 15) is 21.6 Å². The van der Waals surface area contributed by atoms with E-state index >= 15 is 0 Å². The van der Waals surface area contributed by atoms with Crippen LogP contribution in [0.1, 0.15) is 52.9 Å². The van der Waals surface area contributed by atoms with Gasteiger partial charge in [-0.15, -0.1) is 0 Å². The van der Waals surface area contributed by atoms with Gasteiger partial charge in [0.1, 0.15) is 0 Å². The molecule has 1 atom stereocenters.